The van der Waals surface area contributed by atoms with Crippen molar-refractivity contribution in [3.63, 3.8) is 0 Å². The molecule has 1 rings (SSSR count). The summed E-state index contributed by atoms with van der Waals surface area (Å²) in [5.74, 6) is 0.194. The van der Waals surface area contributed by atoms with Crippen molar-refractivity contribution < 1.29 is 14.9 Å². The summed E-state index contributed by atoms with van der Waals surface area (Å²) in [6.45, 7) is 1.19. The van der Waals surface area contributed by atoms with E-state index in [1.807, 2.05) is 0 Å². The highest BCUT2D eigenvalue weighted by atomic mass is 35.5. The monoisotopic (exact) mass is 196 g/mol. The van der Waals surface area contributed by atoms with Gasteiger partial charge in [-0.15, -0.1) is 5.01 Å². The molecule has 0 amide bonds. The topological polar surface area (TPSA) is 64.8 Å². The highest BCUT2D eigenvalue weighted by molar-refractivity contribution is 6.17. The van der Waals surface area contributed by atoms with Crippen molar-refractivity contribution in [3.8, 4) is 0 Å². The van der Waals surface area contributed by atoms with Crippen LogP contribution < -0.4 is 5.59 Å². The van der Waals surface area contributed by atoms with Gasteiger partial charge in [0.1, 0.15) is 0 Å². The minimum absolute atomic E-state index is 0.0873. The molecule has 0 saturated carbocycles. The number of hydrogen-bond acceptors (Lipinski definition) is 3. The summed E-state index contributed by atoms with van der Waals surface area (Å²) in [6, 6.07) is -0.0873. The van der Waals surface area contributed by atoms with E-state index in [4.69, 9.17) is 16.7 Å². The summed E-state index contributed by atoms with van der Waals surface area (Å²) in [7, 11) is 0. The molecule has 1 aliphatic heterocycles. The van der Waals surface area contributed by atoms with Gasteiger partial charge in [-0.05, 0) is 0 Å². The molecule has 12 heavy (non-hydrogen) atoms. The molecule has 1 heterocycles. The number of hydrogen-bond donors (Lipinski definition) is 2. The van der Waals surface area contributed by atoms with Crippen molar-refractivity contribution in [3.05, 3.63) is 4.91 Å². The molecular formula is C5H11ClN3O3+. The molecule has 0 aromatic carbocycles. The lowest BCUT2D eigenvalue weighted by atomic mass is 10.0. The van der Waals surface area contributed by atoms with Crippen LogP contribution in [0.15, 0.2) is 0 Å². The fourth-order valence-corrected chi connectivity index (χ4v) is 0.993. The quantitative estimate of drug-likeness (QED) is 0.344. The molecule has 0 aromatic heterocycles. The summed E-state index contributed by atoms with van der Waals surface area (Å²) >= 11 is 5.16. The Bertz CT molecular complexity index is 162. The first-order chi connectivity index (χ1) is 5.77. The SMILES string of the molecule is O=[N+](NOCCl)N1CC(CO)C1. The minimum atomic E-state index is -0.0873. The molecule has 0 aliphatic carbocycles. The van der Waals surface area contributed by atoms with Gasteiger partial charge in [0.15, 0.2) is 6.07 Å². The zero-order chi connectivity index (χ0) is 8.97. The number of nitroso groups, excluding NO2 is 1. The molecule has 70 valence electrons. The van der Waals surface area contributed by atoms with Crippen LogP contribution in [0.5, 0.6) is 0 Å². The Kier molecular flexibility index (Phi) is 3.51. The Morgan fingerprint density at radius 1 is 1.75 bits per heavy atom. The molecule has 0 atom stereocenters. The predicted octanol–water partition coefficient (Wildman–Crippen LogP) is -0.763. The molecule has 0 unspecified atom stereocenters. The first-order valence-electron chi connectivity index (χ1n) is 3.54. The fraction of sp³-hybridized carbons (Fsp3) is 1.00. The third-order valence-corrected chi connectivity index (χ3v) is 1.76. The van der Waals surface area contributed by atoms with Gasteiger partial charge in [0.05, 0.1) is 18.0 Å². The van der Waals surface area contributed by atoms with Gasteiger partial charge >= 0.3 is 0 Å². The molecule has 1 fully saturated rings. The van der Waals surface area contributed by atoms with Crippen molar-refractivity contribution >= 4 is 11.6 Å². The van der Waals surface area contributed by atoms with E-state index in [0.29, 0.717) is 18.1 Å². The molecule has 0 spiro atoms. The van der Waals surface area contributed by atoms with Crippen LogP contribution in [0.3, 0.4) is 0 Å². The van der Waals surface area contributed by atoms with Crippen LogP contribution >= 0.6 is 11.6 Å². The lowest BCUT2D eigenvalue weighted by Crippen LogP contribution is -2.56. The Labute approximate surface area is 74.5 Å². The van der Waals surface area contributed by atoms with Crippen LogP contribution in [0, 0.1) is 10.8 Å². The van der Waals surface area contributed by atoms with Gasteiger partial charge < -0.3 is 5.11 Å². The third-order valence-electron chi connectivity index (χ3n) is 1.65. The first kappa shape index (κ1) is 9.50. The van der Waals surface area contributed by atoms with E-state index >= 15 is 0 Å². The molecule has 7 heteroatoms. The van der Waals surface area contributed by atoms with E-state index in [-0.39, 0.29) is 18.6 Å². The predicted molar refractivity (Wildman–Crippen MR) is 40.7 cm³/mol. The lowest BCUT2D eigenvalue weighted by molar-refractivity contribution is -0.800. The van der Waals surface area contributed by atoms with Crippen LogP contribution in [0.2, 0.25) is 0 Å². The number of alkyl halides is 1. The number of hydrazine groups is 2. The highest BCUT2D eigenvalue weighted by Gasteiger charge is 2.36. The number of rotatable bonds is 5. The lowest BCUT2D eigenvalue weighted by Gasteiger charge is -2.29. The second-order valence-electron chi connectivity index (χ2n) is 2.54. The van der Waals surface area contributed by atoms with E-state index in [0.717, 1.165) is 0 Å². The largest absolute Gasteiger partial charge is 0.396 e. The zero-order valence-corrected chi connectivity index (χ0v) is 7.20. The molecule has 6 nitrogen and oxygen atoms in total. The van der Waals surface area contributed by atoms with Crippen LogP contribution in [0.4, 0.5) is 0 Å². The average molecular weight is 197 g/mol. The van der Waals surface area contributed by atoms with Gasteiger partial charge in [-0.25, -0.2) is 4.84 Å². The van der Waals surface area contributed by atoms with Crippen molar-refractivity contribution in [2.24, 2.45) is 5.92 Å². The van der Waals surface area contributed by atoms with Gasteiger partial charge in [-0.3, -0.25) is 0 Å². The van der Waals surface area contributed by atoms with Crippen LogP contribution in [-0.4, -0.2) is 40.9 Å². The van der Waals surface area contributed by atoms with Gasteiger partial charge in [0.2, 0.25) is 0 Å². The Hall–Kier alpha value is -0.590. The number of nitrogens with one attached hydrogen (secondary N) is 1. The second kappa shape index (κ2) is 4.44. The summed E-state index contributed by atoms with van der Waals surface area (Å²) in [5.41, 5.74) is 2.07. The fourth-order valence-electron chi connectivity index (χ4n) is 0.944. The van der Waals surface area contributed by atoms with E-state index in [9.17, 15) is 4.91 Å². The Balaban J connectivity index is 2.11. The van der Waals surface area contributed by atoms with E-state index in [1.165, 1.54) is 5.01 Å². The summed E-state index contributed by atoms with van der Waals surface area (Å²) in [5, 5.41) is 10.1. The minimum Gasteiger partial charge on any atom is -0.396 e. The van der Waals surface area contributed by atoms with E-state index < -0.39 is 0 Å². The van der Waals surface area contributed by atoms with Crippen LogP contribution in [-0.2, 0) is 4.84 Å². The third kappa shape index (κ3) is 2.20. The van der Waals surface area contributed by atoms with Crippen LogP contribution in [0.1, 0.15) is 0 Å². The molecule has 0 bridgehead atoms. The first-order valence-corrected chi connectivity index (χ1v) is 4.07. The maximum absolute atomic E-state index is 10.9. The smallest absolute Gasteiger partial charge is 0.274 e. The maximum Gasteiger partial charge on any atom is 0.274 e. The Morgan fingerprint density at radius 2 is 2.42 bits per heavy atom. The summed E-state index contributed by atoms with van der Waals surface area (Å²) < 4.78 is 0. The molecule has 2 N–H and O–H groups in total. The Morgan fingerprint density at radius 3 is 2.92 bits per heavy atom. The molecule has 0 radical (unpaired) electrons. The van der Waals surface area contributed by atoms with E-state index in [2.05, 4.69) is 10.4 Å². The summed E-state index contributed by atoms with van der Waals surface area (Å²) in [4.78, 5) is 15.8. The van der Waals surface area contributed by atoms with Gasteiger partial charge in [-0.2, -0.15) is 0 Å². The normalized spacial score (nSPS) is 17.3. The van der Waals surface area contributed by atoms with Crippen molar-refractivity contribution in [1.82, 2.24) is 10.6 Å². The van der Waals surface area contributed by atoms with Crippen molar-refractivity contribution in [2.75, 3.05) is 25.8 Å². The second-order valence-corrected chi connectivity index (χ2v) is 2.76. The molecule has 1 saturated heterocycles. The molecule has 0 aromatic rings. The number of aliphatic hydroxyl groups excluding tert-OH is 1. The number of aliphatic hydroxyl groups is 1. The number of nitrogens with zero attached hydrogens (tertiary/aromatic N) is 2. The standard InChI is InChI=1S/C5H11ClN3O3/c6-4-12-7-9(11)8-1-5(2-8)3-10/h5,10H,1-4H2,(H,7,11)/q+1. The van der Waals surface area contributed by atoms with Crippen molar-refractivity contribution in [1.29, 1.82) is 0 Å². The van der Waals surface area contributed by atoms with Crippen molar-refractivity contribution in [2.45, 2.75) is 0 Å². The number of halogens is 1. The highest BCUT2D eigenvalue weighted by Crippen LogP contribution is 2.12. The maximum atomic E-state index is 10.9. The summed E-state index contributed by atoms with van der Waals surface area (Å²) in [6.07, 6.45) is 0. The van der Waals surface area contributed by atoms with Gasteiger partial charge in [-0.1, -0.05) is 11.6 Å². The van der Waals surface area contributed by atoms with E-state index in [1.54, 1.807) is 0 Å². The average Bonchev–Trinajstić information content (AvgIpc) is 1.99. The van der Waals surface area contributed by atoms with Crippen LogP contribution in [0.25, 0.3) is 0 Å². The van der Waals surface area contributed by atoms with Gasteiger partial charge in [0, 0.05) is 18.1 Å². The molecular weight excluding hydrogens is 186 g/mol. The molecule has 1 aliphatic rings. The van der Waals surface area contributed by atoms with Gasteiger partial charge in [0.25, 0.3) is 4.98 Å². The zero-order valence-electron chi connectivity index (χ0n) is 6.44.